The predicted octanol–water partition coefficient (Wildman–Crippen LogP) is 4.09. The lowest BCUT2D eigenvalue weighted by molar-refractivity contribution is 0.102. The average Bonchev–Trinajstić information content (AvgIpc) is 3.25. The third-order valence-corrected chi connectivity index (χ3v) is 5.05. The first kappa shape index (κ1) is 20.6. The molecule has 3 N–H and O–H groups in total. The molecule has 29 heavy (non-hydrogen) atoms. The van der Waals surface area contributed by atoms with Crippen molar-refractivity contribution >= 4 is 24.0 Å². The van der Waals surface area contributed by atoms with Crippen molar-refractivity contribution < 1.29 is 4.79 Å². The number of nitrogens with zero attached hydrogens (tertiary/aromatic N) is 2. The van der Waals surface area contributed by atoms with Crippen LogP contribution in [-0.4, -0.2) is 29.2 Å². The SMILES string of the molecule is Cl.N#Cc1cccc(-c2cc(C(=O)Nc3ccc([C@@H]4CCCNC4)cc3)[nH]n2)c1. The third-order valence-electron chi connectivity index (χ3n) is 5.05. The molecule has 148 valence electrons. The summed E-state index contributed by atoms with van der Waals surface area (Å²) in [6, 6.07) is 19.0. The standard InChI is InChI=1S/C22H21N5O.ClH/c23-13-15-3-1-4-17(11-15)20-12-21(27-26-20)22(28)25-19-8-6-16(7-9-19)18-5-2-10-24-14-18;/h1,3-4,6-9,11-12,18,24H,2,5,10,14H2,(H,25,28)(H,26,27);1H/t18-;/m1./s1. The maximum Gasteiger partial charge on any atom is 0.273 e. The van der Waals surface area contributed by atoms with Crippen LogP contribution in [0.5, 0.6) is 0 Å². The van der Waals surface area contributed by atoms with Crippen LogP contribution in [-0.2, 0) is 0 Å². The van der Waals surface area contributed by atoms with Crippen LogP contribution in [0.2, 0.25) is 0 Å². The van der Waals surface area contributed by atoms with Crippen molar-refractivity contribution in [3.8, 4) is 17.3 Å². The Kier molecular flexibility index (Phi) is 6.65. The first-order valence-corrected chi connectivity index (χ1v) is 9.41. The number of aromatic nitrogens is 2. The number of carbonyl (C=O) groups is 1. The smallest absolute Gasteiger partial charge is 0.273 e. The number of hydrogen-bond acceptors (Lipinski definition) is 4. The van der Waals surface area contributed by atoms with Crippen LogP contribution in [0.1, 0.15) is 40.4 Å². The molecule has 0 radical (unpaired) electrons. The number of carbonyl (C=O) groups excluding carboxylic acids is 1. The molecule has 2 aromatic carbocycles. The Balaban J connectivity index is 0.00000240. The van der Waals surface area contributed by atoms with Gasteiger partial charge in [-0.25, -0.2) is 0 Å². The Morgan fingerprint density at radius 1 is 1.17 bits per heavy atom. The zero-order chi connectivity index (χ0) is 19.3. The number of hydrogen-bond donors (Lipinski definition) is 3. The van der Waals surface area contributed by atoms with E-state index in [9.17, 15) is 4.79 Å². The van der Waals surface area contributed by atoms with Gasteiger partial charge in [0, 0.05) is 17.8 Å². The van der Waals surface area contributed by atoms with Gasteiger partial charge in [0.1, 0.15) is 5.69 Å². The van der Waals surface area contributed by atoms with Gasteiger partial charge in [-0.1, -0.05) is 24.3 Å². The lowest BCUT2D eigenvalue weighted by Gasteiger charge is -2.23. The van der Waals surface area contributed by atoms with Crippen LogP contribution < -0.4 is 10.6 Å². The van der Waals surface area contributed by atoms with Crippen molar-refractivity contribution in [2.75, 3.05) is 18.4 Å². The van der Waals surface area contributed by atoms with Crippen molar-refractivity contribution in [2.45, 2.75) is 18.8 Å². The quantitative estimate of drug-likeness (QED) is 0.607. The summed E-state index contributed by atoms with van der Waals surface area (Å²) in [5.41, 5.74) is 4.39. The Hall–Kier alpha value is -3.14. The molecule has 7 heteroatoms. The van der Waals surface area contributed by atoms with Gasteiger partial charge in [-0.3, -0.25) is 9.89 Å². The first-order chi connectivity index (χ1) is 13.7. The molecule has 1 saturated heterocycles. The highest BCUT2D eigenvalue weighted by Crippen LogP contribution is 2.25. The summed E-state index contributed by atoms with van der Waals surface area (Å²) < 4.78 is 0. The minimum Gasteiger partial charge on any atom is -0.321 e. The van der Waals surface area contributed by atoms with Crippen LogP contribution in [0.25, 0.3) is 11.3 Å². The van der Waals surface area contributed by atoms with E-state index >= 15 is 0 Å². The molecule has 1 amide bonds. The number of aromatic amines is 1. The van der Waals surface area contributed by atoms with Gasteiger partial charge in [-0.15, -0.1) is 12.4 Å². The number of amides is 1. The van der Waals surface area contributed by atoms with Crippen LogP contribution in [0.4, 0.5) is 5.69 Å². The fraction of sp³-hybridized carbons (Fsp3) is 0.227. The Labute approximate surface area is 175 Å². The van der Waals surface area contributed by atoms with Crippen molar-refractivity contribution in [1.82, 2.24) is 15.5 Å². The molecule has 4 rings (SSSR count). The number of anilines is 1. The van der Waals surface area contributed by atoms with E-state index in [1.54, 1.807) is 24.3 Å². The van der Waals surface area contributed by atoms with E-state index in [1.807, 2.05) is 18.2 Å². The van der Waals surface area contributed by atoms with Gasteiger partial charge in [0.2, 0.25) is 0 Å². The van der Waals surface area contributed by atoms with Gasteiger partial charge in [0.15, 0.2) is 0 Å². The number of piperidine rings is 1. The molecule has 1 aliphatic rings. The van der Waals surface area contributed by atoms with E-state index in [-0.39, 0.29) is 18.3 Å². The van der Waals surface area contributed by atoms with Gasteiger partial charge in [-0.2, -0.15) is 10.4 Å². The van der Waals surface area contributed by atoms with Crippen LogP contribution in [0.15, 0.2) is 54.6 Å². The Morgan fingerprint density at radius 2 is 2.00 bits per heavy atom. The highest BCUT2D eigenvalue weighted by molar-refractivity contribution is 6.03. The molecule has 2 heterocycles. The van der Waals surface area contributed by atoms with Gasteiger partial charge in [0.05, 0.1) is 17.3 Å². The summed E-state index contributed by atoms with van der Waals surface area (Å²) in [6.45, 7) is 2.10. The molecule has 3 aromatic rings. The summed E-state index contributed by atoms with van der Waals surface area (Å²) in [7, 11) is 0. The normalized spacial score (nSPS) is 15.8. The molecule has 0 unspecified atom stereocenters. The molecule has 1 aliphatic heterocycles. The van der Waals surface area contributed by atoms with Gasteiger partial charge in [0.25, 0.3) is 5.91 Å². The Bertz CT molecular complexity index is 1020. The van der Waals surface area contributed by atoms with E-state index in [1.165, 1.54) is 18.4 Å². The van der Waals surface area contributed by atoms with Gasteiger partial charge < -0.3 is 10.6 Å². The second-order valence-electron chi connectivity index (χ2n) is 6.98. The number of rotatable bonds is 4. The summed E-state index contributed by atoms with van der Waals surface area (Å²) in [4.78, 5) is 12.5. The molecule has 0 saturated carbocycles. The molecular weight excluding hydrogens is 386 g/mol. The fourth-order valence-corrected chi connectivity index (χ4v) is 3.51. The third kappa shape index (κ3) is 4.83. The molecule has 1 fully saturated rings. The predicted molar refractivity (Wildman–Crippen MR) is 115 cm³/mol. The van der Waals surface area contributed by atoms with E-state index in [0.717, 1.165) is 24.3 Å². The highest BCUT2D eigenvalue weighted by Gasteiger charge is 2.15. The lowest BCUT2D eigenvalue weighted by atomic mass is 9.92. The highest BCUT2D eigenvalue weighted by atomic mass is 35.5. The van der Waals surface area contributed by atoms with Gasteiger partial charge in [-0.05, 0) is 61.2 Å². The molecular formula is C22H22ClN5O. The zero-order valence-corrected chi connectivity index (χ0v) is 16.6. The second kappa shape index (κ2) is 9.37. The van der Waals surface area contributed by atoms with Crippen molar-refractivity contribution in [1.29, 1.82) is 5.26 Å². The van der Waals surface area contributed by atoms with Crippen molar-refractivity contribution in [2.24, 2.45) is 0 Å². The molecule has 6 nitrogen and oxygen atoms in total. The van der Waals surface area contributed by atoms with E-state index in [0.29, 0.717) is 22.9 Å². The van der Waals surface area contributed by atoms with E-state index in [2.05, 4.69) is 39.0 Å². The maximum atomic E-state index is 12.5. The fourth-order valence-electron chi connectivity index (χ4n) is 3.51. The van der Waals surface area contributed by atoms with Crippen LogP contribution in [0, 0.1) is 11.3 Å². The molecule has 0 bridgehead atoms. The van der Waals surface area contributed by atoms with E-state index in [4.69, 9.17) is 5.26 Å². The van der Waals surface area contributed by atoms with Gasteiger partial charge >= 0.3 is 0 Å². The minimum absolute atomic E-state index is 0. The molecule has 0 aliphatic carbocycles. The summed E-state index contributed by atoms with van der Waals surface area (Å²) in [5, 5.41) is 22.3. The van der Waals surface area contributed by atoms with Crippen LogP contribution in [0.3, 0.4) is 0 Å². The number of nitriles is 1. The second-order valence-corrected chi connectivity index (χ2v) is 6.98. The first-order valence-electron chi connectivity index (χ1n) is 9.41. The van der Waals surface area contributed by atoms with Crippen LogP contribution >= 0.6 is 12.4 Å². The monoisotopic (exact) mass is 407 g/mol. The van der Waals surface area contributed by atoms with E-state index < -0.39 is 0 Å². The minimum atomic E-state index is -0.248. The number of halogens is 1. The molecule has 1 aromatic heterocycles. The number of nitrogens with one attached hydrogen (secondary N) is 3. The summed E-state index contributed by atoms with van der Waals surface area (Å²) >= 11 is 0. The average molecular weight is 408 g/mol. The maximum absolute atomic E-state index is 12.5. The number of benzene rings is 2. The topological polar surface area (TPSA) is 93.6 Å². The van der Waals surface area contributed by atoms with Crippen molar-refractivity contribution in [3.63, 3.8) is 0 Å². The Morgan fingerprint density at radius 3 is 2.72 bits per heavy atom. The molecule has 1 atom stereocenters. The number of H-pyrrole nitrogens is 1. The molecule has 0 spiro atoms. The lowest BCUT2D eigenvalue weighted by Crippen LogP contribution is -2.28. The summed E-state index contributed by atoms with van der Waals surface area (Å²) in [5.74, 6) is 0.292. The largest absolute Gasteiger partial charge is 0.321 e. The van der Waals surface area contributed by atoms with Crippen molar-refractivity contribution in [3.05, 3.63) is 71.4 Å². The zero-order valence-electron chi connectivity index (χ0n) is 15.8. The summed E-state index contributed by atoms with van der Waals surface area (Å²) in [6.07, 6.45) is 2.39.